The summed E-state index contributed by atoms with van der Waals surface area (Å²) < 4.78 is 0. The molecule has 0 aliphatic heterocycles. The average molecular weight is 260 g/mol. The fraction of sp³-hybridized carbons (Fsp3) is 0.556. The third-order valence-corrected chi connectivity index (χ3v) is 1.79. The number of urea groups is 1. The van der Waals surface area contributed by atoms with Crippen LogP contribution in [0.3, 0.4) is 0 Å². The van der Waals surface area contributed by atoms with Crippen LogP contribution < -0.4 is 21.7 Å². The van der Waals surface area contributed by atoms with Gasteiger partial charge in [0.2, 0.25) is 11.8 Å². The molecule has 0 radical (unpaired) electrons. The predicted molar refractivity (Wildman–Crippen MR) is 60.5 cm³/mol. The van der Waals surface area contributed by atoms with Gasteiger partial charge in [-0.15, -0.1) is 0 Å². The Hall–Kier alpha value is -2.32. The van der Waals surface area contributed by atoms with E-state index in [0.717, 1.165) is 0 Å². The van der Waals surface area contributed by atoms with Gasteiger partial charge in [-0.1, -0.05) is 0 Å². The first kappa shape index (κ1) is 15.7. The van der Waals surface area contributed by atoms with Gasteiger partial charge in [0.25, 0.3) is 0 Å². The zero-order valence-electron chi connectivity index (χ0n) is 9.86. The summed E-state index contributed by atoms with van der Waals surface area (Å²) in [7, 11) is 0. The van der Waals surface area contributed by atoms with Crippen molar-refractivity contribution < 1.29 is 24.3 Å². The second kappa shape index (κ2) is 7.87. The number of hydrogen-bond acceptors (Lipinski definition) is 4. The van der Waals surface area contributed by atoms with Crippen molar-refractivity contribution in [3.63, 3.8) is 0 Å². The van der Waals surface area contributed by atoms with E-state index in [4.69, 9.17) is 10.8 Å². The molecule has 0 fully saturated rings. The predicted octanol–water partition coefficient (Wildman–Crippen LogP) is -2.25. The van der Waals surface area contributed by atoms with Gasteiger partial charge < -0.3 is 26.8 Å². The Balaban J connectivity index is 4.14. The number of nitrogens with one attached hydrogen (secondary N) is 3. The number of carbonyl (C=O) groups is 4. The number of rotatable bonds is 7. The first-order valence-electron chi connectivity index (χ1n) is 5.19. The van der Waals surface area contributed by atoms with Crippen LogP contribution in [0.5, 0.6) is 0 Å². The fourth-order valence-corrected chi connectivity index (χ4v) is 1.03. The van der Waals surface area contributed by atoms with E-state index in [9.17, 15) is 19.2 Å². The highest BCUT2D eigenvalue weighted by Crippen LogP contribution is 1.91. The highest BCUT2D eigenvalue weighted by molar-refractivity contribution is 5.89. The van der Waals surface area contributed by atoms with E-state index in [-0.39, 0.29) is 6.54 Å². The molecule has 18 heavy (non-hydrogen) atoms. The number of carboxylic acids is 1. The second-order valence-electron chi connectivity index (χ2n) is 3.34. The normalized spacial score (nSPS) is 11.2. The SMILES string of the molecule is CCNC(=O)CNC(=O)NC(CC(N)=O)C(=O)O. The van der Waals surface area contributed by atoms with E-state index < -0.39 is 36.3 Å². The lowest BCUT2D eigenvalue weighted by Crippen LogP contribution is -2.49. The van der Waals surface area contributed by atoms with Crippen LogP contribution in [-0.4, -0.2) is 48.1 Å². The third-order valence-electron chi connectivity index (χ3n) is 1.79. The summed E-state index contributed by atoms with van der Waals surface area (Å²) in [5.74, 6) is -2.65. The lowest BCUT2D eigenvalue weighted by molar-refractivity contribution is -0.140. The molecule has 0 spiro atoms. The van der Waals surface area contributed by atoms with Gasteiger partial charge in [-0.05, 0) is 6.92 Å². The number of amides is 4. The molecule has 0 saturated heterocycles. The van der Waals surface area contributed by atoms with Crippen molar-refractivity contribution in [2.24, 2.45) is 5.73 Å². The van der Waals surface area contributed by atoms with Gasteiger partial charge in [0.15, 0.2) is 0 Å². The summed E-state index contributed by atoms with van der Waals surface area (Å²) in [6.07, 6.45) is -0.524. The van der Waals surface area contributed by atoms with Crippen molar-refractivity contribution in [1.82, 2.24) is 16.0 Å². The zero-order chi connectivity index (χ0) is 14.1. The highest BCUT2D eigenvalue weighted by atomic mass is 16.4. The molecule has 0 aromatic rings. The van der Waals surface area contributed by atoms with Crippen LogP contribution in [-0.2, 0) is 14.4 Å². The van der Waals surface area contributed by atoms with Crippen LogP contribution in [0.2, 0.25) is 0 Å². The van der Waals surface area contributed by atoms with Crippen LogP contribution in [0.25, 0.3) is 0 Å². The summed E-state index contributed by atoms with van der Waals surface area (Å²) in [5, 5.41) is 15.3. The first-order valence-corrected chi connectivity index (χ1v) is 5.19. The monoisotopic (exact) mass is 260 g/mol. The van der Waals surface area contributed by atoms with Gasteiger partial charge in [-0.3, -0.25) is 9.59 Å². The van der Waals surface area contributed by atoms with Gasteiger partial charge in [0, 0.05) is 6.54 Å². The molecule has 1 unspecified atom stereocenters. The largest absolute Gasteiger partial charge is 0.480 e. The first-order chi connectivity index (χ1) is 8.36. The van der Waals surface area contributed by atoms with Gasteiger partial charge in [-0.2, -0.15) is 0 Å². The van der Waals surface area contributed by atoms with Crippen molar-refractivity contribution in [3.8, 4) is 0 Å². The van der Waals surface area contributed by atoms with Crippen LogP contribution in [0.15, 0.2) is 0 Å². The topological polar surface area (TPSA) is 151 Å². The molecular formula is C9H16N4O5. The quantitative estimate of drug-likeness (QED) is 0.350. The molecule has 102 valence electrons. The number of carboxylic acid groups (broad SMARTS) is 1. The number of likely N-dealkylation sites (N-methyl/N-ethyl adjacent to an activating group) is 1. The van der Waals surface area contributed by atoms with Crippen molar-refractivity contribution in [3.05, 3.63) is 0 Å². The minimum atomic E-state index is -1.42. The van der Waals surface area contributed by atoms with Gasteiger partial charge in [-0.25, -0.2) is 9.59 Å². The standard InChI is InChI=1S/C9H16N4O5/c1-2-11-7(15)4-12-9(18)13-5(8(16)17)3-6(10)14/h5H,2-4H2,1H3,(H2,10,14)(H,11,15)(H,16,17)(H2,12,13,18). The number of aliphatic carboxylic acids is 1. The van der Waals surface area contributed by atoms with Crippen molar-refractivity contribution in [1.29, 1.82) is 0 Å². The zero-order valence-corrected chi connectivity index (χ0v) is 9.86. The van der Waals surface area contributed by atoms with Crippen LogP contribution in [0.4, 0.5) is 4.79 Å². The smallest absolute Gasteiger partial charge is 0.326 e. The molecule has 0 aromatic carbocycles. The van der Waals surface area contributed by atoms with Crippen molar-refractivity contribution in [2.75, 3.05) is 13.1 Å². The number of nitrogens with two attached hydrogens (primary N) is 1. The molecule has 0 rings (SSSR count). The highest BCUT2D eigenvalue weighted by Gasteiger charge is 2.22. The van der Waals surface area contributed by atoms with E-state index in [0.29, 0.717) is 6.54 Å². The van der Waals surface area contributed by atoms with Gasteiger partial charge in [0.1, 0.15) is 6.04 Å². The molecular weight excluding hydrogens is 244 g/mol. The Labute approximate surface area is 103 Å². The Bertz CT molecular complexity index is 344. The molecule has 0 heterocycles. The molecule has 9 nitrogen and oxygen atoms in total. The fourth-order valence-electron chi connectivity index (χ4n) is 1.03. The molecule has 4 amide bonds. The Morgan fingerprint density at radius 2 is 1.83 bits per heavy atom. The van der Waals surface area contributed by atoms with Gasteiger partial charge >= 0.3 is 12.0 Å². The maximum absolute atomic E-state index is 11.2. The van der Waals surface area contributed by atoms with E-state index in [1.807, 2.05) is 5.32 Å². The number of primary amides is 1. The number of hydrogen-bond donors (Lipinski definition) is 5. The Morgan fingerprint density at radius 1 is 1.22 bits per heavy atom. The second-order valence-corrected chi connectivity index (χ2v) is 3.34. The van der Waals surface area contributed by atoms with E-state index in [1.54, 1.807) is 6.92 Å². The van der Waals surface area contributed by atoms with Crippen molar-refractivity contribution >= 4 is 23.8 Å². The van der Waals surface area contributed by atoms with E-state index >= 15 is 0 Å². The summed E-state index contributed by atoms with van der Waals surface area (Å²) in [6, 6.07) is -2.29. The molecule has 0 bridgehead atoms. The lowest BCUT2D eigenvalue weighted by atomic mass is 10.2. The van der Waals surface area contributed by atoms with Crippen LogP contribution in [0, 0.1) is 0 Å². The molecule has 9 heteroatoms. The minimum absolute atomic E-state index is 0.289. The lowest BCUT2D eigenvalue weighted by Gasteiger charge is -2.13. The summed E-state index contributed by atoms with van der Waals surface area (Å²) in [6.45, 7) is 1.84. The average Bonchev–Trinajstić information content (AvgIpc) is 2.25. The maximum Gasteiger partial charge on any atom is 0.326 e. The minimum Gasteiger partial charge on any atom is -0.480 e. The molecule has 6 N–H and O–H groups in total. The van der Waals surface area contributed by atoms with E-state index in [1.165, 1.54) is 0 Å². The van der Waals surface area contributed by atoms with E-state index in [2.05, 4.69) is 10.6 Å². The molecule has 0 aliphatic rings. The summed E-state index contributed by atoms with van der Waals surface area (Å²) in [4.78, 5) is 43.5. The molecule has 0 aromatic heterocycles. The van der Waals surface area contributed by atoms with Crippen molar-refractivity contribution in [2.45, 2.75) is 19.4 Å². The maximum atomic E-state index is 11.2. The molecule has 0 aliphatic carbocycles. The molecule has 0 saturated carbocycles. The Morgan fingerprint density at radius 3 is 2.28 bits per heavy atom. The number of carbonyl (C=O) groups excluding carboxylic acids is 3. The molecule has 1 atom stereocenters. The van der Waals surface area contributed by atoms with Gasteiger partial charge in [0.05, 0.1) is 13.0 Å². The van der Waals surface area contributed by atoms with Crippen LogP contribution in [0.1, 0.15) is 13.3 Å². The summed E-state index contributed by atoms with van der Waals surface area (Å²) >= 11 is 0. The Kier molecular flexibility index (Phi) is 6.86. The summed E-state index contributed by atoms with van der Waals surface area (Å²) in [5.41, 5.74) is 4.83. The van der Waals surface area contributed by atoms with Crippen LogP contribution >= 0.6 is 0 Å². The third kappa shape index (κ3) is 7.04.